The minimum Gasteiger partial charge on any atom is -0.300 e. The molecule has 0 bridgehead atoms. The normalized spacial score (nSPS) is 20.9. The highest BCUT2D eigenvalue weighted by molar-refractivity contribution is 6.04. The van der Waals surface area contributed by atoms with E-state index >= 15 is 0 Å². The van der Waals surface area contributed by atoms with Gasteiger partial charge >= 0.3 is 0 Å². The highest BCUT2D eigenvalue weighted by Gasteiger charge is 2.42. The molecule has 3 rings (SSSR count). The van der Waals surface area contributed by atoms with Gasteiger partial charge in [0.25, 0.3) is 17.7 Å². The number of carbonyl (C=O) groups is 3. The highest BCUT2D eigenvalue weighted by Crippen LogP contribution is 2.30. The zero-order valence-electron chi connectivity index (χ0n) is 13.3. The molecule has 1 N–H and O–H groups in total. The van der Waals surface area contributed by atoms with Gasteiger partial charge < -0.3 is 0 Å². The van der Waals surface area contributed by atoms with E-state index in [-0.39, 0.29) is 23.8 Å². The van der Waals surface area contributed by atoms with E-state index in [4.69, 9.17) is 0 Å². The number of hydroxylamine groups is 2. The van der Waals surface area contributed by atoms with Crippen LogP contribution >= 0.6 is 0 Å². The van der Waals surface area contributed by atoms with Gasteiger partial charge in [0.2, 0.25) is 0 Å². The lowest BCUT2D eigenvalue weighted by Crippen LogP contribution is -2.55. The van der Waals surface area contributed by atoms with Gasteiger partial charge in [0.05, 0.1) is 0 Å². The van der Waals surface area contributed by atoms with Gasteiger partial charge in [0, 0.05) is 24.1 Å². The Balaban J connectivity index is 0.000000924. The first kappa shape index (κ1) is 16.9. The monoisotopic (exact) mass is 316 g/mol. The third kappa shape index (κ3) is 2.90. The molecule has 122 valence electrons. The molecule has 1 aromatic rings. The van der Waals surface area contributed by atoms with Gasteiger partial charge in [-0.05, 0) is 18.1 Å². The molecule has 0 spiro atoms. The van der Waals surface area contributed by atoms with Gasteiger partial charge in [-0.1, -0.05) is 38.6 Å². The fraction of sp³-hybridized carbons (Fsp3) is 0.353. The zero-order chi connectivity index (χ0) is 17.1. The topological polar surface area (TPSA) is 77.9 Å². The molecule has 6 nitrogen and oxygen atoms in total. The van der Waals surface area contributed by atoms with E-state index in [1.54, 1.807) is 12.1 Å². The van der Waals surface area contributed by atoms with Crippen LogP contribution < -0.4 is 0 Å². The Labute approximate surface area is 135 Å². The molecule has 0 aliphatic carbocycles. The average Bonchev–Trinajstić information content (AvgIpc) is 2.56. The predicted octanol–water partition coefficient (Wildman–Crippen LogP) is 2.13. The van der Waals surface area contributed by atoms with E-state index < -0.39 is 17.9 Å². The van der Waals surface area contributed by atoms with Crippen molar-refractivity contribution in [3.05, 3.63) is 47.7 Å². The lowest BCUT2D eigenvalue weighted by atomic mass is 9.93. The highest BCUT2D eigenvalue weighted by atomic mass is 16.5. The summed E-state index contributed by atoms with van der Waals surface area (Å²) in [5.41, 5.74) is 1.89. The lowest BCUT2D eigenvalue weighted by molar-refractivity contribution is -0.186. The molecule has 1 unspecified atom stereocenters. The van der Waals surface area contributed by atoms with Crippen molar-refractivity contribution in [1.29, 1.82) is 0 Å². The smallest absolute Gasteiger partial charge is 0.276 e. The molecule has 2 heterocycles. The van der Waals surface area contributed by atoms with Crippen LogP contribution in [0.3, 0.4) is 0 Å². The Morgan fingerprint density at radius 3 is 2.52 bits per heavy atom. The first-order valence-corrected chi connectivity index (χ1v) is 7.65. The fourth-order valence-electron chi connectivity index (χ4n) is 2.82. The van der Waals surface area contributed by atoms with E-state index in [1.807, 2.05) is 26.0 Å². The minimum atomic E-state index is -0.874. The van der Waals surface area contributed by atoms with Crippen LogP contribution in [0.1, 0.15) is 42.6 Å². The number of nitrogens with zero attached hydrogens (tertiary/aromatic N) is 2. The molecule has 23 heavy (non-hydrogen) atoms. The predicted molar refractivity (Wildman–Crippen MR) is 83.5 cm³/mol. The number of imide groups is 1. The maximum Gasteiger partial charge on any atom is 0.276 e. The van der Waals surface area contributed by atoms with Gasteiger partial charge in [-0.25, -0.2) is 0 Å². The number of benzene rings is 1. The maximum atomic E-state index is 12.6. The van der Waals surface area contributed by atoms with Gasteiger partial charge in [0.1, 0.15) is 6.04 Å². The first-order valence-electron chi connectivity index (χ1n) is 7.65. The maximum absolute atomic E-state index is 12.6. The number of rotatable bonds is 1. The third-order valence-corrected chi connectivity index (χ3v) is 3.88. The zero-order valence-corrected chi connectivity index (χ0v) is 13.3. The SMILES string of the molecule is C=C1Cc2ccccc2C(=O)N1C1CCC(=O)N(O)C1=O.CC. The first-order chi connectivity index (χ1) is 11.0. The summed E-state index contributed by atoms with van der Waals surface area (Å²) in [6, 6.07) is 6.27. The van der Waals surface area contributed by atoms with Crippen molar-refractivity contribution in [2.45, 2.75) is 39.2 Å². The van der Waals surface area contributed by atoms with Crippen molar-refractivity contribution >= 4 is 17.7 Å². The molecule has 2 aliphatic rings. The Bertz CT molecular complexity index is 668. The van der Waals surface area contributed by atoms with Crippen LogP contribution in [-0.4, -0.2) is 38.9 Å². The Kier molecular flexibility index (Phi) is 4.95. The number of hydrogen-bond acceptors (Lipinski definition) is 4. The van der Waals surface area contributed by atoms with Crippen molar-refractivity contribution in [3.8, 4) is 0 Å². The van der Waals surface area contributed by atoms with Crippen LogP contribution in [-0.2, 0) is 16.0 Å². The number of hydrogen-bond donors (Lipinski definition) is 1. The van der Waals surface area contributed by atoms with Crippen LogP contribution in [0.4, 0.5) is 0 Å². The second-order valence-corrected chi connectivity index (χ2v) is 5.17. The molecule has 0 aromatic heterocycles. The van der Waals surface area contributed by atoms with Gasteiger partial charge in [0.15, 0.2) is 0 Å². The molecule has 2 aliphatic heterocycles. The number of amides is 3. The van der Waals surface area contributed by atoms with Crippen LogP contribution in [0.2, 0.25) is 0 Å². The number of carbonyl (C=O) groups excluding carboxylic acids is 3. The van der Waals surface area contributed by atoms with E-state index in [2.05, 4.69) is 6.58 Å². The lowest BCUT2D eigenvalue weighted by Gasteiger charge is -2.38. The van der Waals surface area contributed by atoms with E-state index in [0.717, 1.165) is 5.56 Å². The van der Waals surface area contributed by atoms with Crippen LogP contribution in [0.5, 0.6) is 0 Å². The molecule has 6 heteroatoms. The van der Waals surface area contributed by atoms with Gasteiger partial charge in [-0.3, -0.25) is 24.5 Å². The summed E-state index contributed by atoms with van der Waals surface area (Å²) in [7, 11) is 0. The van der Waals surface area contributed by atoms with Crippen molar-refractivity contribution in [1.82, 2.24) is 9.96 Å². The largest absolute Gasteiger partial charge is 0.300 e. The number of piperidine rings is 1. The Morgan fingerprint density at radius 2 is 1.83 bits per heavy atom. The standard InChI is InChI=1S/C15H14N2O4.C2H6/c1-9-8-10-4-2-3-5-11(10)14(19)16(9)12-6-7-13(18)17(21)15(12)20;1-2/h2-5,12,21H,1,6-8H2;1-2H3. The molecular formula is C17H20N2O4. The molecule has 0 saturated carbocycles. The van der Waals surface area contributed by atoms with E-state index in [1.165, 1.54) is 4.90 Å². The van der Waals surface area contributed by atoms with Gasteiger partial charge in [-0.15, -0.1) is 0 Å². The minimum absolute atomic E-state index is 0.0195. The molecule has 0 radical (unpaired) electrons. The van der Waals surface area contributed by atoms with Crippen molar-refractivity contribution < 1.29 is 19.6 Å². The summed E-state index contributed by atoms with van der Waals surface area (Å²) in [6.45, 7) is 7.87. The molecule has 1 fully saturated rings. The molecule has 1 atom stereocenters. The van der Waals surface area contributed by atoms with E-state index in [9.17, 15) is 19.6 Å². The molecule has 3 amide bonds. The summed E-state index contributed by atoms with van der Waals surface area (Å²) in [5.74, 6) is -1.74. The summed E-state index contributed by atoms with van der Waals surface area (Å²) in [4.78, 5) is 37.3. The van der Waals surface area contributed by atoms with Crippen molar-refractivity contribution in [2.75, 3.05) is 0 Å². The van der Waals surface area contributed by atoms with E-state index in [0.29, 0.717) is 17.7 Å². The summed E-state index contributed by atoms with van der Waals surface area (Å²) < 4.78 is 0. The Hall–Kier alpha value is -2.47. The average molecular weight is 316 g/mol. The van der Waals surface area contributed by atoms with Gasteiger partial charge in [-0.2, -0.15) is 5.06 Å². The number of allylic oxidation sites excluding steroid dienone is 1. The summed E-state index contributed by atoms with van der Waals surface area (Å²) in [5, 5.41) is 9.59. The Morgan fingerprint density at radius 1 is 1.17 bits per heavy atom. The fourth-order valence-corrected chi connectivity index (χ4v) is 2.82. The van der Waals surface area contributed by atoms with Crippen molar-refractivity contribution in [3.63, 3.8) is 0 Å². The van der Waals surface area contributed by atoms with Crippen LogP contribution in [0, 0.1) is 0 Å². The molecule has 1 saturated heterocycles. The second kappa shape index (κ2) is 6.75. The molecular weight excluding hydrogens is 296 g/mol. The quantitative estimate of drug-likeness (QED) is 0.636. The third-order valence-electron chi connectivity index (χ3n) is 3.88. The summed E-state index contributed by atoms with van der Waals surface area (Å²) >= 11 is 0. The summed E-state index contributed by atoms with van der Waals surface area (Å²) in [6.07, 6.45) is 0.679. The second-order valence-electron chi connectivity index (χ2n) is 5.17. The number of fused-ring (bicyclic) bond motifs is 1. The van der Waals surface area contributed by atoms with Crippen LogP contribution in [0.15, 0.2) is 36.5 Å². The van der Waals surface area contributed by atoms with Crippen molar-refractivity contribution in [2.24, 2.45) is 0 Å². The van der Waals surface area contributed by atoms with Crippen LogP contribution in [0.25, 0.3) is 0 Å². The molecule has 1 aromatic carbocycles.